The van der Waals surface area contributed by atoms with E-state index < -0.39 is 0 Å². The number of fused-ring (bicyclic) bond motifs is 1. The summed E-state index contributed by atoms with van der Waals surface area (Å²) in [6, 6.07) is 9.16. The zero-order valence-electron chi connectivity index (χ0n) is 13.0. The SMILES string of the molecule is CC(Cc1ccsc1)NCc1cccc2c1OC(C)(C)C2. The standard InChI is InChI=1S/C18H23NOS/c1-13(9-14-7-8-21-12-14)19-11-16-6-4-5-15-10-18(2,3)20-17(15)16/h4-8,12-13,19H,9-11H2,1-3H3. The van der Waals surface area contributed by atoms with Crippen molar-refractivity contribution in [2.75, 3.05) is 0 Å². The predicted octanol–water partition coefficient (Wildman–Crippen LogP) is 4.18. The molecule has 1 aliphatic heterocycles. The van der Waals surface area contributed by atoms with Gasteiger partial charge in [0.2, 0.25) is 0 Å². The van der Waals surface area contributed by atoms with Crippen LogP contribution < -0.4 is 10.1 Å². The molecule has 3 rings (SSSR count). The van der Waals surface area contributed by atoms with Crippen molar-refractivity contribution in [3.63, 3.8) is 0 Å². The van der Waals surface area contributed by atoms with E-state index in [1.165, 1.54) is 16.7 Å². The highest BCUT2D eigenvalue weighted by molar-refractivity contribution is 7.07. The first kappa shape index (κ1) is 14.6. The smallest absolute Gasteiger partial charge is 0.127 e. The van der Waals surface area contributed by atoms with E-state index in [1.54, 1.807) is 11.3 Å². The Bertz CT molecular complexity index is 604. The number of nitrogens with one attached hydrogen (secondary N) is 1. The Morgan fingerprint density at radius 3 is 2.95 bits per heavy atom. The van der Waals surface area contributed by atoms with Crippen molar-refractivity contribution in [1.82, 2.24) is 5.32 Å². The van der Waals surface area contributed by atoms with Crippen molar-refractivity contribution in [3.8, 4) is 5.75 Å². The third-order valence-electron chi connectivity index (χ3n) is 3.94. The van der Waals surface area contributed by atoms with Crippen molar-refractivity contribution < 1.29 is 4.74 Å². The van der Waals surface area contributed by atoms with E-state index in [0.29, 0.717) is 6.04 Å². The molecule has 0 amide bonds. The molecule has 0 fully saturated rings. The summed E-state index contributed by atoms with van der Waals surface area (Å²) in [6.07, 6.45) is 2.07. The second-order valence-electron chi connectivity index (χ2n) is 6.56. The minimum atomic E-state index is -0.0687. The number of benzene rings is 1. The van der Waals surface area contributed by atoms with Gasteiger partial charge in [-0.15, -0.1) is 0 Å². The fourth-order valence-corrected chi connectivity index (χ4v) is 3.62. The Labute approximate surface area is 131 Å². The van der Waals surface area contributed by atoms with Gasteiger partial charge in [-0.3, -0.25) is 0 Å². The molecular weight excluding hydrogens is 278 g/mol. The average Bonchev–Trinajstić information content (AvgIpc) is 3.01. The highest BCUT2D eigenvalue weighted by Gasteiger charge is 2.31. The molecule has 1 aromatic carbocycles. The van der Waals surface area contributed by atoms with Crippen LogP contribution in [-0.2, 0) is 19.4 Å². The monoisotopic (exact) mass is 301 g/mol. The maximum Gasteiger partial charge on any atom is 0.127 e. The van der Waals surface area contributed by atoms with E-state index in [0.717, 1.165) is 25.1 Å². The summed E-state index contributed by atoms with van der Waals surface area (Å²) in [5, 5.41) is 7.99. The van der Waals surface area contributed by atoms with Crippen LogP contribution in [0, 0.1) is 0 Å². The molecule has 0 saturated heterocycles. The first-order chi connectivity index (χ1) is 10.0. The van der Waals surface area contributed by atoms with Crippen molar-refractivity contribution >= 4 is 11.3 Å². The normalized spacial score (nSPS) is 17.3. The fourth-order valence-electron chi connectivity index (χ4n) is 2.94. The first-order valence-electron chi connectivity index (χ1n) is 7.58. The second-order valence-corrected chi connectivity index (χ2v) is 7.34. The largest absolute Gasteiger partial charge is 0.487 e. The Kier molecular flexibility index (Phi) is 4.05. The van der Waals surface area contributed by atoms with Gasteiger partial charge in [-0.05, 0) is 55.1 Å². The third-order valence-corrected chi connectivity index (χ3v) is 4.67. The van der Waals surface area contributed by atoms with Gasteiger partial charge < -0.3 is 10.1 Å². The van der Waals surface area contributed by atoms with Gasteiger partial charge in [0.05, 0.1) is 0 Å². The third kappa shape index (κ3) is 3.47. The minimum Gasteiger partial charge on any atom is -0.487 e. The molecule has 0 spiro atoms. The van der Waals surface area contributed by atoms with Gasteiger partial charge in [0.15, 0.2) is 0 Å². The van der Waals surface area contributed by atoms with Gasteiger partial charge in [0.25, 0.3) is 0 Å². The van der Waals surface area contributed by atoms with E-state index in [9.17, 15) is 0 Å². The van der Waals surface area contributed by atoms with Crippen molar-refractivity contribution in [2.24, 2.45) is 0 Å². The highest BCUT2D eigenvalue weighted by atomic mass is 32.1. The van der Waals surface area contributed by atoms with Crippen molar-refractivity contribution in [2.45, 2.75) is 51.8 Å². The maximum absolute atomic E-state index is 6.13. The van der Waals surface area contributed by atoms with Gasteiger partial charge in [0.1, 0.15) is 11.4 Å². The Balaban J connectivity index is 1.63. The van der Waals surface area contributed by atoms with Crippen molar-refractivity contribution in [3.05, 3.63) is 51.7 Å². The average molecular weight is 301 g/mol. The van der Waals surface area contributed by atoms with E-state index in [4.69, 9.17) is 4.74 Å². The molecule has 0 aliphatic carbocycles. The predicted molar refractivity (Wildman–Crippen MR) is 89.2 cm³/mol. The van der Waals surface area contributed by atoms with Crippen LogP contribution >= 0.6 is 11.3 Å². The first-order valence-corrected chi connectivity index (χ1v) is 8.52. The van der Waals surface area contributed by atoms with Crippen LogP contribution in [0.25, 0.3) is 0 Å². The lowest BCUT2D eigenvalue weighted by Gasteiger charge is -2.19. The molecule has 0 saturated carbocycles. The Morgan fingerprint density at radius 2 is 2.19 bits per heavy atom. The lowest BCUT2D eigenvalue weighted by Crippen LogP contribution is -2.28. The molecule has 1 aromatic heterocycles. The summed E-state index contributed by atoms with van der Waals surface area (Å²) in [7, 11) is 0. The number of hydrogen-bond donors (Lipinski definition) is 1. The zero-order valence-corrected chi connectivity index (χ0v) is 13.8. The van der Waals surface area contributed by atoms with Crippen LogP contribution in [0.2, 0.25) is 0 Å². The summed E-state index contributed by atoms with van der Waals surface area (Å²) in [4.78, 5) is 0. The maximum atomic E-state index is 6.13. The van der Waals surface area contributed by atoms with Crippen LogP contribution in [0.4, 0.5) is 0 Å². The Hall–Kier alpha value is -1.32. The Morgan fingerprint density at radius 1 is 1.33 bits per heavy atom. The lowest BCUT2D eigenvalue weighted by atomic mass is 10.0. The van der Waals surface area contributed by atoms with E-state index in [2.05, 4.69) is 61.1 Å². The van der Waals surface area contributed by atoms with Crippen LogP contribution in [-0.4, -0.2) is 11.6 Å². The number of thiophene rings is 1. The number of rotatable bonds is 5. The molecule has 21 heavy (non-hydrogen) atoms. The molecule has 2 aromatic rings. The van der Waals surface area contributed by atoms with E-state index in [1.807, 2.05) is 0 Å². The van der Waals surface area contributed by atoms with Gasteiger partial charge >= 0.3 is 0 Å². The number of ether oxygens (including phenoxy) is 1. The van der Waals surface area contributed by atoms with E-state index >= 15 is 0 Å². The molecule has 1 N–H and O–H groups in total. The van der Waals surface area contributed by atoms with E-state index in [-0.39, 0.29) is 5.60 Å². The highest BCUT2D eigenvalue weighted by Crippen LogP contribution is 2.37. The number of para-hydroxylation sites is 1. The fraction of sp³-hybridized carbons (Fsp3) is 0.444. The second kappa shape index (κ2) is 5.82. The minimum absolute atomic E-state index is 0.0687. The molecule has 112 valence electrons. The van der Waals surface area contributed by atoms with Gasteiger partial charge in [-0.1, -0.05) is 18.2 Å². The quantitative estimate of drug-likeness (QED) is 0.894. The van der Waals surface area contributed by atoms with Crippen LogP contribution in [0.1, 0.15) is 37.5 Å². The summed E-state index contributed by atoms with van der Waals surface area (Å²) in [5.74, 6) is 1.10. The summed E-state index contributed by atoms with van der Waals surface area (Å²) in [6.45, 7) is 7.42. The van der Waals surface area contributed by atoms with Crippen LogP contribution in [0.5, 0.6) is 5.75 Å². The van der Waals surface area contributed by atoms with Gasteiger partial charge in [0, 0.05) is 24.6 Å². The van der Waals surface area contributed by atoms with Crippen LogP contribution in [0.3, 0.4) is 0 Å². The molecule has 2 nitrogen and oxygen atoms in total. The van der Waals surface area contributed by atoms with Gasteiger partial charge in [-0.25, -0.2) is 0 Å². The molecular formula is C18H23NOS. The van der Waals surface area contributed by atoms with Crippen LogP contribution in [0.15, 0.2) is 35.0 Å². The number of hydrogen-bond acceptors (Lipinski definition) is 3. The molecule has 1 unspecified atom stereocenters. The molecule has 0 radical (unpaired) electrons. The van der Waals surface area contributed by atoms with Gasteiger partial charge in [-0.2, -0.15) is 11.3 Å². The van der Waals surface area contributed by atoms with Crippen molar-refractivity contribution in [1.29, 1.82) is 0 Å². The molecule has 0 bridgehead atoms. The zero-order chi connectivity index (χ0) is 14.9. The lowest BCUT2D eigenvalue weighted by molar-refractivity contribution is 0.137. The molecule has 3 heteroatoms. The topological polar surface area (TPSA) is 21.3 Å². The summed E-state index contributed by atoms with van der Waals surface area (Å²) < 4.78 is 6.13. The molecule has 2 heterocycles. The molecule has 1 aliphatic rings. The summed E-state index contributed by atoms with van der Waals surface area (Å²) >= 11 is 1.76. The summed E-state index contributed by atoms with van der Waals surface area (Å²) in [5.41, 5.74) is 3.96. The molecule has 1 atom stereocenters.